The largest absolute Gasteiger partial charge is 0.332 e. The zero-order valence-electron chi connectivity index (χ0n) is 17.5. The molecule has 9 heteroatoms. The molecule has 1 aromatic carbocycles. The second kappa shape index (κ2) is 7.47. The number of rotatable bonds is 6. The molecule has 2 fully saturated rings. The van der Waals surface area contributed by atoms with Crippen molar-refractivity contribution in [2.75, 3.05) is 6.54 Å². The predicted molar refractivity (Wildman–Crippen MR) is 110 cm³/mol. The van der Waals surface area contributed by atoms with Crippen molar-refractivity contribution in [1.29, 1.82) is 0 Å². The summed E-state index contributed by atoms with van der Waals surface area (Å²) in [5.41, 5.74) is 1.50. The van der Waals surface area contributed by atoms with Crippen LogP contribution in [0, 0.1) is 5.92 Å². The van der Waals surface area contributed by atoms with Crippen molar-refractivity contribution >= 4 is 17.8 Å². The number of carbonyl (C=O) groups is 3. The van der Waals surface area contributed by atoms with E-state index in [0.717, 1.165) is 41.7 Å². The summed E-state index contributed by atoms with van der Waals surface area (Å²) >= 11 is 0. The molecular weight excluding hydrogens is 396 g/mol. The Morgan fingerprint density at radius 2 is 2.13 bits per heavy atom. The van der Waals surface area contributed by atoms with E-state index in [-0.39, 0.29) is 24.4 Å². The molecule has 31 heavy (non-hydrogen) atoms. The first-order chi connectivity index (χ1) is 15.0. The zero-order valence-corrected chi connectivity index (χ0v) is 17.5. The van der Waals surface area contributed by atoms with Gasteiger partial charge in [-0.3, -0.25) is 19.6 Å². The van der Waals surface area contributed by atoms with Crippen molar-refractivity contribution in [1.82, 2.24) is 30.5 Å². The highest BCUT2D eigenvalue weighted by molar-refractivity contribution is 6.09. The van der Waals surface area contributed by atoms with E-state index in [1.54, 1.807) is 11.1 Å². The summed E-state index contributed by atoms with van der Waals surface area (Å²) in [4.78, 5) is 42.3. The maximum atomic E-state index is 13.4. The first-order valence-electron chi connectivity index (χ1n) is 10.9. The molecule has 0 bridgehead atoms. The van der Waals surface area contributed by atoms with Crippen molar-refractivity contribution in [3.63, 3.8) is 0 Å². The lowest BCUT2D eigenvalue weighted by Gasteiger charge is -2.39. The fourth-order valence-corrected chi connectivity index (χ4v) is 5.07. The monoisotopic (exact) mass is 422 g/mol. The molecule has 2 heterocycles. The van der Waals surface area contributed by atoms with Gasteiger partial charge in [0.05, 0.1) is 6.54 Å². The van der Waals surface area contributed by atoms with Crippen LogP contribution < -0.4 is 5.32 Å². The Morgan fingerprint density at radius 1 is 1.32 bits per heavy atom. The van der Waals surface area contributed by atoms with E-state index < -0.39 is 11.6 Å². The van der Waals surface area contributed by atoms with Crippen LogP contribution in [0.2, 0.25) is 0 Å². The van der Waals surface area contributed by atoms with Gasteiger partial charge >= 0.3 is 6.03 Å². The first-order valence-corrected chi connectivity index (χ1v) is 10.9. The van der Waals surface area contributed by atoms with Crippen LogP contribution in [0.5, 0.6) is 0 Å². The molecule has 9 nitrogen and oxygen atoms in total. The number of H-pyrrole nitrogens is 1. The molecule has 2 N–H and O–H groups in total. The average molecular weight is 422 g/mol. The Bertz CT molecular complexity index is 1020. The number of aromatic nitrogens is 3. The molecule has 1 spiro atoms. The van der Waals surface area contributed by atoms with Gasteiger partial charge in [-0.25, -0.2) is 4.79 Å². The van der Waals surface area contributed by atoms with Crippen LogP contribution in [0.1, 0.15) is 49.4 Å². The van der Waals surface area contributed by atoms with E-state index in [1.807, 2.05) is 31.2 Å². The molecule has 0 radical (unpaired) electrons. The number of hydrogen-bond donors (Lipinski definition) is 2. The van der Waals surface area contributed by atoms with Gasteiger partial charge in [0.1, 0.15) is 17.8 Å². The highest BCUT2D eigenvalue weighted by Gasteiger charge is 2.55. The van der Waals surface area contributed by atoms with Crippen LogP contribution in [-0.4, -0.2) is 55.6 Å². The summed E-state index contributed by atoms with van der Waals surface area (Å²) in [5, 5.41) is 13.3. The number of fused-ring (bicyclic) bond motifs is 2. The van der Waals surface area contributed by atoms with E-state index in [4.69, 9.17) is 0 Å². The number of imide groups is 1. The smallest absolute Gasteiger partial charge is 0.325 e. The van der Waals surface area contributed by atoms with E-state index in [9.17, 15) is 14.4 Å². The molecule has 1 aromatic heterocycles. The molecule has 0 unspecified atom stereocenters. The number of aryl methyl sites for hydroxylation is 1. The van der Waals surface area contributed by atoms with Gasteiger partial charge in [-0.15, -0.1) is 5.10 Å². The SMILES string of the molecule is C[C@@H](C1CCC1)N(Cc1c[nH]nn1)C(=O)CN1C(=O)N[C@]2(CCc3ccccc32)C1=O. The van der Waals surface area contributed by atoms with E-state index in [2.05, 4.69) is 20.7 Å². The molecular formula is C22H26N6O3. The molecule has 2 aliphatic carbocycles. The molecule has 5 rings (SSSR count). The van der Waals surface area contributed by atoms with E-state index in [0.29, 0.717) is 24.6 Å². The molecule has 4 amide bonds. The standard InChI is InChI=1S/C22H26N6O3/c1-14(15-6-4-7-15)27(12-17-11-23-26-25-17)19(29)13-28-20(30)22(24-21(28)31)10-9-16-5-2-3-8-18(16)22/h2-3,5,8,11,14-15H,4,6-7,9-10,12-13H2,1H3,(H,24,31)(H,23,25,26)/t14-,22-/m0/s1. The number of amides is 4. The number of nitrogens with one attached hydrogen (secondary N) is 2. The summed E-state index contributed by atoms with van der Waals surface area (Å²) in [6, 6.07) is 7.18. The lowest BCUT2D eigenvalue weighted by molar-refractivity contribution is -0.142. The minimum absolute atomic E-state index is 0.000108. The number of nitrogens with zero attached hydrogens (tertiary/aromatic N) is 4. The van der Waals surface area contributed by atoms with Gasteiger partial charge in [0, 0.05) is 12.2 Å². The number of benzene rings is 1. The van der Waals surface area contributed by atoms with Crippen molar-refractivity contribution < 1.29 is 14.4 Å². The van der Waals surface area contributed by atoms with Crippen LogP contribution >= 0.6 is 0 Å². The lowest BCUT2D eigenvalue weighted by Crippen LogP contribution is -2.49. The molecule has 162 valence electrons. The molecule has 2 aromatic rings. The fraction of sp³-hybridized carbons (Fsp3) is 0.500. The Morgan fingerprint density at radius 3 is 2.84 bits per heavy atom. The van der Waals surface area contributed by atoms with E-state index >= 15 is 0 Å². The second-order valence-corrected chi connectivity index (χ2v) is 8.80. The number of hydrogen-bond acceptors (Lipinski definition) is 5. The Balaban J connectivity index is 1.37. The highest BCUT2D eigenvalue weighted by atomic mass is 16.2. The maximum Gasteiger partial charge on any atom is 0.325 e. The van der Waals surface area contributed by atoms with Crippen molar-refractivity contribution in [2.24, 2.45) is 5.92 Å². The van der Waals surface area contributed by atoms with Crippen molar-refractivity contribution in [3.8, 4) is 0 Å². The number of aromatic amines is 1. The number of urea groups is 1. The normalized spacial score (nSPS) is 23.6. The van der Waals surface area contributed by atoms with Gasteiger partial charge in [-0.2, -0.15) is 0 Å². The van der Waals surface area contributed by atoms with Crippen molar-refractivity contribution in [3.05, 3.63) is 47.3 Å². The van der Waals surface area contributed by atoms with Crippen LogP contribution in [0.3, 0.4) is 0 Å². The van der Waals surface area contributed by atoms with Crippen LogP contribution in [0.4, 0.5) is 4.79 Å². The summed E-state index contributed by atoms with van der Waals surface area (Å²) in [6.07, 6.45) is 6.21. The lowest BCUT2D eigenvalue weighted by atomic mass is 9.79. The maximum absolute atomic E-state index is 13.4. The van der Waals surface area contributed by atoms with Gasteiger partial charge < -0.3 is 10.2 Å². The van der Waals surface area contributed by atoms with Crippen molar-refractivity contribution in [2.45, 2.75) is 57.2 Å². The van der Waals surface area contributed by atoms with Gasteiger partial charge in [0.15, 0.2) is 0 Å². The second-order valence-electron chi connectivity index (χ2n) is 8.80. The topological polar surface area (TPSA) is 111 Å². The fourth-order valence-electron chi connectivity index (χ4n) is 5.07. The molecule has 1 saturated heterocycles. The minimum atomic E-state index is -1.05. The van der Waals surface area contributed by atoms with Crippen LogP contribution in [0.25, 0.3) is 0 Å². The van der Waals surface area contributed by atoms with Crippen LogP contribution in [0.15, 0.2) is 30.5 Å². The molecule has 3 aliphatic rings. The molecule has 2 atom stereocenters. The predicted octanol–water partition coefficient (Wildman–Crippen LogP) is 1.72. The average Bonchev–Trinajstić information content (AvgIpc) is 3.41. The third-order valence-electron chi connectivity index (χ3n) is 7.16. The minimum Gasteiger partial charge on any atom is -0.332 e. The molecule has 1 aliphatic heterocycles. The molecule has 1 saturated carbocycles. The third kappa shape index (κ3) is 3.19. The third-order valence-corrected chi connectivity index (χ3v) is 7.16. The van der Waals surface area contributed by atoms with E-state index in [1.165, 1.54) is 0 Å². The van der Waals surface area contributed by atoms with Crippen LogP contribution in [-0.2, 0) is 28.1 Å². The summed E-state index contributed by atoms with van der Waals surface area (Å²) in [5.74, 6) is -0.172. The highest BCUT2D eigenvalue weighted by Crippen LogP contribution is 2.41. The van der Waals surface area contributed by atoms with Gasteiger partial charge in [-0.1, -0.05) is 35.9 Å². The Kier molecular flexibility index (Phi) is 4.75. The first kappa shape index (κ1) is 19.7. The number of carbonyl (C=O) groups excluding carboxylic acids is 3. The quantitative estimate of drug-likeness (QED) is 0.689. The van der Waals surface area contributed by atoms with Gasteiger partial charge in [-0.05, 0) is 49.7 Å². The zero-order chi connectivity index (χ0) is 21.6. The van der Waals surface area contributed by atoms with Gasteiger partial charge in [0.2, 0.25) is 5.91 Å². The van der Waals surface area contributed by atoms with Gasteiger partial charge in [0.25, 0.3) is 5.91 Å². The summed E-state index contributed by atoms with van der Waals surface area (Å²) in [6.45, 7) is 2.05. The Hall–Kier alpha value is -3.23. The Labute approximate surface area is 180 Å². The summed E-state index contributed by atoms with van der Waals surface area (Å²) < 4.78 is 0. The summed E-state index contributed by atoms with van der Waals surface area (Å²) in [7, 11) is 0.